The molecule has 0 saturated carbocycles. The van der Waals surface area contributed by atoms with Gasteiger partial charge in [0.1, 0.15) is 6.54 Å². The van der Waals surface area contributed by atoms with Crippen molar-refractivity contribution in [3.05, 3.63) is 29.9 Å². The molecule has 0 aliphatic carbocycles. The normalized spacial score (nSPS) is 10.6. The number of rotatable bonds is 4. The molecule has 0 spiro atoms. The highest BCUT2D eigenvalue weighted by Crippen LogP contribution is 2.21. The molecule has 0 fully saturated rings. The second-order valence-corrected chi connectivity index (χ2v) is 5.45. The van der Waals surface area contributed by atoms with Crippen molar-refractivity contribution in [1.29, 1.82) is 0 Å². The summed E-state index contributed by atoms with van der Waals surface area (Å²) in [6.07, 6.45) is 1.49. The molecule has 2 N–H and O–H groups in total. The maximum absolute atomic E-state index is 12.0. The first-order chi connectivity index (χ1) is 10.6. The topological polar surface area (TPSA) is 102 Å². The number of hydrogen-bond acceptors (Lipinski definition) is 6. The summed E-state index contributed by atoms with van der Waals surface area (Å²) in [4.78, 5) is 27.1. The van der Waals surface area contributed by atoms with Crippen molar-refractivity contribution in [1.82, 2.24) is 20.0 Å². The van der Waals surface area contributed by atoms with Gasteiger partial charge in [-0.25, -0.2) is 9.67 Å². The molecule has 8 nitrogen and oxygen atoms in total. The number of nitrogens with zero attached hydrogens (tertiary/aromatic N) is 4. The molecule has 3 rings (SSSR count). The van der Waals surface area contributed by atoms with Crippen LogP contribution in [-0.4, -0.2) is 31.8 Å². The molecule has 0 atom stereocenters. The van der Waals surface area contributed by atoms with Gasteiger partial charge < -0.3 is 10.6 Å². The van der Waals surface area contributed by atoms with Gasteiger partial charge in [0, 0.05) is 12.6 Å². The van der Waals surface area contributed by atoms with E-state index in [1.807, 2.05) is 18.2 Å². The summed E-state index contributed by atoms with van der Waals surface area (Å²) in [5.74, 6) is -0.175. The van der Waals surface area contributed by atoms with Crippen LogP contribution in [0.2, 0.25) is 0 Å². The quantitative estimate of drug-likeness (QED) is 0.759. The molecule has 2 heterocycles. The minimum atomic E-state index is -0.243. The standard InChI is InChI=1S/C13H12N6O2S/c1-8(20)15-12-5-19(18-17-12)6-13(21)16-9-2-3-11-10(4-9)14-7-22-11/h2-5,7H,6H2,1H3,(H,15,20)(H,16,21). The zero-order valence-corrected chi connectivity index (χ0v) is 12.4. The molecule has 0 aliphatic heterocycles. The molecule has 0 unspecified atom stereocenters. The van der Waals surface area contributed by atoms with E-state index in [-0.39, 0.29) is 18.4 Å². The van der Waals surface area contributed by atoms with Gasteiger partial charge in [0.15, 0.2) is 5.82 Å². The van der Waals surface area contributed by atoms with Crippen molar-refractivity contribution < 1.29 is 9.59 Å². The summed E-state index contributed by atoms with van der Waals surface area (Å²) >= 11 is 1.54. The lowest BCUT2D eigenvalue weighted by molar-refractivity contribution is -0.117. The molecule has 2 amide bonds. The van der Waals surface area contributed by atoms with Gasteiger partial charge in [-0.15, -0.1) is 16.4 Å². The summed E-state index contributed by atoms with van der Waals surface area (Å²) < 4.78 is 2.41. The molecular weight excluding hydrogens is 304 g/mol. The predicted molar refractivity (Wildman–Crippen MR) is 82.6 cm³/mol. The lowest BCUT2D eigenvalue weighted by Gasteiger charge is -2.04. The molecule has 9 heteroatoms. The Morgan fingerprint density at radius 2 is 2.18 bits per heavy atom. The van der Waals surface area contributed by atoms with Gasteiger partial charge in [-0.05, 0) is 18.2 Å². The minimum Gasteiger partial charge on any atom is -0.324 e. The molecular formula is C13H12N6O2S. The fourth-order valence-electron chi connectivity index (χ4n) is 1.90. The number of hydrogen-bond donors (Lipinski definition) is 2. The lowest BCUT2D eigenvalue weighted by atomic mass is 10.3. The van der Waals surface area contributed by atoms with E-state index in [0.29, 0.717) is 11.5 Å². The Hall–Kier alpha value is -2.81. The van der Waals surface area contributed by atoms with Crippen molar-refractivity contribution in [2.45, 2.75) is 13.5 Å². The molecule has 0 radical (unpaired) electrons. The van der Waals surface area contributed by atoms with E-state index < -0.39 is 0 Å². The van der Waals surface area contributed by atoms with Crippen LogP contribution in [-0.2, 0) is 16.1 Å². The lowest BCUT2D eigenvalue weighted by Crippen LogP contribution is -2.19. The van der Waals surface area contributed by atoms with Crippen LogP contribution >= 0.6 is 11.3 Å². The van der Waals surface area contributed by atoms with Crippen molar-refractivity contribution >= 4 is 44.9 Å². The Morgan fingerprint density at radius 3 is 3.00 bits per heavy atom. The number of thiazole rings is 1. The SMILES string of the molecule is CC(=O)Nc1cn(CC(=O)Nc2ccc3scnc3c2)nn1. The van der Waals surface area contributed by atoms with Crippen LogP contribution in [0.15, 0.2) is 29.9 Å². The zero-order chi connectivity index (χ0) is 15.5. The van der Waals surface area contributed by atoms with Crippen LogP contribution in [0.3, 0.4) is 0 Å². The number of aromatic nitrogens is 4. The summed E-state index contributed by atoms with van der Waals surface area (Å²) in [7, 11) is 0. The number of nitrogens with one attached hydrogen (secondary N) is 2. The maximum Gasteiger partial charge on any atom is 0.246 e. The number of benzene rings is 1. The minimum absolute atomic E-state index is 0.00167. The molecule has 22 heavy (non-hydrogen) atoms. The van der Waals surface area contributed by atoms with E-state index in [0.717, 1.165) is 10.2 Å². The van der Waals surface area contributed by atoms with Gasteiger partial charge >= 0.3 is 0 Å². The van der Waals surface area contributed by atoms with Crippen molar-refractivity contribution in [2.24, 2.45) is 0 Å². The van der Waals surface area contributed by atoms with Crippen LogP contribution in [0.1, 0.15) is 6.92 Å². The van der Waals surface area contributed by atoms with E-state index in [4.69, 9.17) is 0 Å². The van der Waals surface area contributed by atoms with E-state index in [1.165, 1.54) is 17.8 Å². The Labute approximate surface area is 129 Å². The summed E-state index contributed by atoms with van der Waals surface area (Å²) in [6, 6.07) is 5.54. The number of carbonyl (C=O) groups excluding carboxylic acids is 2. The Morgan fingerprint density at radius 1 is 1.32 bits per heavy atom. The first-order valence-corrected chi connectivity index (χ1v) is 7.29. The number of anilines is 2. The first kappa shape index (κ1) is 14.1. The van der Waals surface area contributed by atoms with Gasteiger partial charge in [0.2, 0.25) is 11.8 Å². The third kappa shape index (κ3) is 3.26. The third-order valence-electron chi connectivity index (χ3n) is 2.76. The van der Waals surface area contributed by atoms with Gasteiger partial charge in [0.25, 0.3) is 0 Å². The van der Waals surface area contributed by atoms with Crippen LogP contribution in [0.5, 0.6) is 0 Å². The second-order valence-electron chi connectivity index (χ2n) is 4.57. The summed E-state index contributed by atoms with van der Waals surface area (Å²) in [6.45, 7) is 1.38. The van der Waals surface area contributed by atoms with Crippen LogP contribution in [0, 0.1) is 0 Å². The highest BCUT2D eigenvalue weighted by molar-refractivity contribution is 7.16. The van der Waals surface area contributed by atoms with Crippen molar-refractivity contribution in [3.8, 4) is 0 Å². The predicted octanol–water partition coefficient (Wildman–Crippen LogP) is 1.48. The fraction of sp³-hybridized carbons (Fsp3) is 0.154. The smallest absolute Gasteiger partial charge is 0.246 e. The van der Waals surface area contributed by atoms with E-state index >= 15 is 0 Å². The molecule has 0 aliphatic rings. The molecule has 2 aromatic heterocycles. The monoisotopic (exact) mass is 316 g/mol. The van der Waals surface area contributed by atoms with Gasteiger partial charge in [-0.2, -0.15) is 0 Å². The van der Waals surface area contributed by atoms with Crippen molar-refractivity contribution in [2.75, 3.05) is 10.6 Å². The number of carbonyl (C=O) groups is 2. The van der Waals surface area contributed by atoms with Gasteiger partial charge in [-0.3, -0.25) is 9.59 Å². The van der Waals surface area contributed by atoms with Gasteiger partial charge in [0.05, 0.1) is 21.9 Å². The molecule has 3 aromatic rings. The molecule has 112 valence electrons. The molecule has 0 bridgehead atoms. The summed E-state index contributed by atoms with van der Waals surface area (Å²) in [5, 5.41) is 12.8. The van der Waals surface area contributed by atoms with Crippen LogP contribution < -0.4 is 10.6 Å². The van der Waals surface area contributed by atoms with Gasteiger partial charge in [-0.1, -0.05) is 5.21 Å². The Balaban J connectivity index is 1.64. The zero-order valence-electron chi connectivity index (χ0n) is 11.6. The van der Waals surface area contributed by atoms with Crippen LogP contribution in [0.25, 0.3) is 10.2 Å². The second kappa shape index (κ2) is 5.90. The number of amides is 2. The molecule has 0 saturated heterocycles. The third-order valence-corrected chi connectivity index (χ3v) is 3.57. The first-order valence-electron chi connectivity index (χ1n) is 6.41. The van der Waals surface area contributed by atoms with Crippen LogP contribution in [0.4, 0.5) is 11.5 Å². The molecule has 1 aromatic carbocycles. The Kier molecular flexibility index (Phi) is 3.79. The van der Waals surface area contributed by atoms with E-state index in [9.17, 15) is 9.59 Å². The van der Waals surface area contributed by atoms with E-state index in [1.54, 1.807) is 16.8 Å². The highest BCUT2D eigenvalue weighted by atomic mass is 32.1. The average molecular weight is 316 g/mol. The van der Waals surface area contributed by atoms with Crippen molar-refractivity contribution in [3.63, 3.8) is 0 Å². The Bertz CT molecular complexity index is 840. The largest absolute Gasteiger partial charge is 0.324 e. The highest BCUT2D eigenvalue weighted by Gasteiger charge is 2.08. The van der Waals surface area contributed by atoms with E-state index in [2.05, 4.69) is 25.9 Å². The fourth-order valence-corrected chi connectivity index (χ4v) is 2.56. The number of fused-ring (bicyclic) bond motifs is 1. The average Bonchev–Trinajstić information content (AvgIpc) is 3.06. The maximum atomic E-state index is 12.0. The summed E-state index contributed by atoms with van der Waals surface area (Å²) in [5.41, 5.74) is 3.27.